The van der Waals surface area contributed by atoms with E-state index in [0.29, 0.717) is 16.3 Å². The molecule has 0 radical (unpaired) electrons. The van der Waals surface area contributed by atoms with E-state index in [1.54, 1.807) is 24.3 Å². The fourth-order valence-electron chi connectivity index (χ4n) is 2.07. The number of benzene rings is 2. The Bertz CT molecular complexity index is 810. The summed E-state index contributed by atoms with van der Waals surface area (Å²) < 4.78 is 30.4. The maximum atomic E-state index is 12.6. The van der Waals surface area contributed by atoms with Crippen molar-refractivity contribution in [3.63, 3.8) is 0 Å². The smallest absolute Gasteiger partial charge is 0.235 e. The van der Waals surface area contributed by atoms with Crippen LogP contribution in [0, 0.1) is 0 Å². The van der Waals surface area contributed by atoms with Crippen molar-refractivity contribution in [2.75, 3.05) is 0 Å². The van der Waals surface area contributed by atoms with Gasteiger partial charge in [-0.05, 0) is 36.4 Å². The minimum atomic E-state index is -3.84. The molecule has 0 spiro atoms. The lowest BCUT2D eigenvalue weighted by molar-refractivity contribution is 0.0190. The second-order valence-corrected chi connectivity index (χ2v) is 6.90. The average molecular weight is 323 g/mol. The Balaban J connectivity index is 2.11. The highest BCUT2D eigenvalue weighted by atomic mass is 35.5. The third kappa shape index (κ3) is 2.55. The topological polar surface area (TPSA) is 63.6 Å². The number of aliphatic hydroxyl groups excluding tert-OH is 1. The van der Waals surface area contributed by atoms with Crippen LogP contribution in [0.15, 0.2) is 58.3 Å². The highest BCUT2D eigenvalue weighted by Crippen LogP contribution is 2.33. The Morgan fingerprint density at radius 2 is 1.71 bits per heavy atom. The van der Waals surface area contributed by atoms with Gasteiger partial charge in [0.25, 0.3) is 0 Å². The van der Waals surface area contributed by atoms with Crippen molar-refractivity contribution in [3.8, 4) is 5.75 Å². The van der Waals surface area contributed by atoms with Crippen LogP contribution in [0.5, 0.6) is 5.75 Å². The lowest BCUT2D eigenvalue weighted by Gasteiger charge is -2.23. The standard InChI is InChI=1S/C15H11ClO4S/c16-11-5-7-12(8-6-11)21(18,19)14-9-10-3-1-2-4-13(10)20-15(14)17/h1-9,15,17H. The molecule has 4 nitrogen and oxygen atoms in total. The summed E-state index contributed by atoms with van der Waals surface area (Å²) in [7, 11) is -3.84. The molecule has 1 atom stereocenters. The zero-order valence-corrected chi connectivity index (χ0v) is 12.3. The van der Waals surface area contributed by atoms with Crippen molar-refractivity contribution in [1.82, 2.24) is 0 Å². The SMILES string of the molecule is O=S(=O)(C1=Cc2ccccc2OC1O)c1ccc(Cl)cc1. The predicted octanol–water partition coefficient (Wildman–Crippen LogP) is 2.87. The summed E-state index contributed by atoms with van der Waals surface area (Å²) >= 11 is 5.76. The predicted molar refractivity (Wildman–Crippen MR) is 79.7 cm³/mol. The molecule has 1 unspecified atom stereocenters. The molecule has 6 heteroatoms. The van der Waals surface area contributed by atoms with Gasteiger partial charge in [0.15, 0.2) is 0 Å². The highest BCUT2D eigenvalue weighted by molar-refractivity contribution is 7.95. The Kier molecular flexibility index (Phi) is 3.49. The molecule has 0 aromatic heterocycles. The van der Waals surface area contributed by atoms with Crippen LogP contribution in [0.4, 0.5) is 0 Å². The van der Waals surface area contributed by atoms with Crippen molar-refractivity contribution in [1.29, 1.82) is 0 Å². The summed E-state index contributed by atoms with van der Waals surface area (Å²) in [6.45, 7) is 0. The van der Waals surface area contributed by atoms with Crippen LogP contribution in [0.1, 0.15) is 5.56 Å². The number of sulfone groups is 1. The van der Waals surface area contributed by atoms with Gasteiger partial charge in [-0.1, -0.05) is 29.8 Å². The van der Waals surface area contributed by atoms with E-state index in [9.17, 15) is 13.5 Å². The Morgan fingerprint density at radius 3 is 2.43 bits per heavy atom. The van der Waals surface area contributed by atoms with E-state index in [4.69, 9.17) is 16.3 Å². The molecular formula is C15H11ClO4S. The zero-order valence-electron chi connectivity index (χ0n) is 10.7. The van der Waals surface area contributed by atoms with Crippen molar-refractivity contribution < 1.29 is 18.3 Å². The van der Waals surface area contributed by atoms with Gasteiger partial charge in [-0.15, -0.1) is 0 Å². The van der Waals surface area contributed by atoms with Gasteiger partial charge in [0.1, 0.15) is 10.7 Å². The van der Waals surface area contributed by atoms with Crippen LogP contribution in [-0.2, 0) is 9.84 Å². The lowest BCUT2D eigenvalue weighted by atomic mass is 10.1. The molecule has 2 aromatic carbocycles. The van der Waals surface area contributed by atoms with E-state index in [0.717, 1.165) is 0 Å². The van der Waals surface area contributed by atoms with Gasteiger partial charge >= 0.3 is 0 Å². The molecular weight excluding hydrogens is 312 g/mol. The molecule has 3 rings (SSSR count). The maximum Gasteiger partial charge on any atom is 0.235 e. The van der Waals surface area contributed by atoms with Crippen LogP contribution in [0.2, 0.25) is 5.02 Å². The first-order chi connectivity index (χ1) is 9.98. The molecule has 1 N–H and O–H groups in total. The fourth-order valence-corrected chi connectivity index (χ4v) is 3.56. The van der Waals surface area contributed by atoms with Gasteiger partial charge in [-0.3, -0.25) is 0 Å². The molecule has 0 saturated carbocycles. The van der Waals surface area contributed by atoms with E-state index < -0.39 is 16.1 Å². The van der Waals surface area contributed by atoms with E-state index in [-0.39, 0.29) is 9.80 Å². The first kappa shape index (κ1) is 14.1. The van der Waals surface area contributed by atoms with Gasteiger partial charge in [0.2, 0.25) is 16.1 Å². The Morgan fingerprint density at radius 1 is 1.05 bits per heavy atom. The molecule has 0 fully saturated rings. The van der Waals surface area contributed by atoms with E-state index in [2.05, 4.69) is 0 Å². The van der Waals surface area contributed by atoms with Crippen LogP contribution < -0.4 is 4.74 Å². The number of para-hydroxylation sites is 1. The van der Waals surface area contributed by atoms with Crippen LogP contribution in [-0.4, -0.2) is 19.8 Å². The Labute approximate surface area is 127 Å². The quantitative estimate of drug-likeness (QED) is 0.923. The molecule has 108 valence electrons. The molecule has 0 amide bonds. The number of rotatable bonds is 2. The number of aliphatic hydroxyl groups is 1. The molecule has 2 aromatic rings. The third-order valence-electron chi connectivity index (χ3n) is 3.13. The molecule has 1 aliphatic rings. The number of halogens is 1. The highest BCUT2D eigenvalue weighted by Gasteiger charge is 2.31. The van der Waals surface area contributed by atoms with Crippen molar-refractivity contribution >= 4 is 27.5 Å². The average Bonchev–Trinajstić information content (AvgIpc) is 2.47. The number of hydrogen-bond donors (Lipinski definition) is 1. The molecule has 0 aliphatic carbocycles. The van der Waals surface area contributed by atoms with Crippen molar-refractivity contribution in [2.24, 2.45) is 0 Å². The van der Waals surface area contributed by atoms with Gasteiger partial charge in [-0.2, -0.15) is 0 Å². The molecule has 1 aliphatic heterocycles. The summed E-state index contributed by atoms with van der Waals surface area (Å²) in [5, 5.41) is 10.4. The minimum absolute atomic E-state index is 0.0557. The number of ether oxygens (including phenoxy) is 1. The minimum Gasteiger partial charge on any atom is -0.459 e. The summed E-state index contributed by atoms with van der Waals surface area (Å²) in [4.78, 5) is -0.135. The summed E-state index contributed by atoms with van der Waals surface area (Å²) in [5.74, 6) is 0.444. The van der Waals surface area contributed by atoms with E-state index >= 15 is 0 Å². The second-order valence-electron chi connectivity index (χ2n) is 4.51. The lowest BCUT2D eigenvalue weighted by Crippen LogP contribution is -2.27. The summed E-state index contributed by atoms with van der Waals surface area (Å²) in [6, 6.07) is 12.7. The summed E-state index contributed by atoms with van der Waals surface area (Å²) in [5.41, 5.74) is 0.607. The molecule has 0 saturated heterocycles. The largest absolute Gasteiger partial charge is 0.459 e. The van der Waals surface area contributed by atoms with E-state index in [1.807, 2.05) is 0 Å². The summed E-state index contributed by atoms with van der Waals surface area (Å²) in [6.07, 6.45) is -0.103. The molecule has 21 heavy (non-hydrogen) atoms. The van der Waals surface area contributed by atoms with Gasteiger partial charge < -0.3 is 9.84 Å². The van der Waals surface area contributed by atoms with Gasteiger partial charge in [0.05, 0.1) is 4.90 Å². The first-order valence-electron chi connectivity index (χ1n) is 6.14. The molecule has 1 heterocycles. The zero-order chi connectivity index (χ0) is 15.0. The maximum absolute atomic E-state index is 12.6. The van der Waals surface area contributed by atoms with Crippen LogP contribution in [0.3, 0.4) is 0 Å². The van der Waals surface area contributed by atoms with Crippen LogP contribution in [0.25, 0.3) is 6.08 Å². The first-order valence-corrected chi connectivity index (χ1v) is 8.00. The Hall–Kier alpha value is -1.82. The fraction of sp³-hybridized carbons (Fsp3) is 0.0667. The third-order valence-corrected chi connectivity index (χ3v) is 5.22. The number of fused-ring (bicyclic) bond motifs is 1. The van der Waals surface area contributed by atoms with Gasteiger partial charge in [-0.25, -0.2) is 8.42 Å². The normalized spacial score (nSPS) is 17.6. The van der Waals surface area contributed by atoms with E-state index in [1.165, 1.54) is 30.3 Å². The van der Waals surface area contributed by atoms with Crippen molar-refractivity contribution in [2.45, 2.75) is 11.2 Å². The number of hydrogen-bond acceptors (Lipinski definition) is 4. The van der Waals surface area contributed by atoms with Crippen LogP contribution >= 0.6 is 11.6 Å². The monoisotopic (exact) mass is 322 g/mol. The van der Waals surface area contributed by atoms with Crippen molar-refractivity contribution in [3.05, 3.63) is 64.0 Å². The second kappa shape index (κ2) is 5.18. The van der Waals surface area contributed by atoms with Gasteiger partial charge in [0, 0.05) is 10.6 Å². The molecule has 0 bridgehead atoms.